The molecule has 0 unspecified atom stereocenters. The summed E-state index contributed by atoms with van der Waals surface area (Å²) in [5.41, 5.74) is -0.526. The molecule has 0 saturated heterocycles. The number of aliphatic carboxylic acids is 1. The lowest BCUT2D eigenvalue weighted by Crippen LogP contribution is -3.08. The lowest BCUT2D eigenvalue weighted by molar-refractivity contribution is -0.617. The highest BCUT2D eigenvalue weighted by Crippen LogP contribution is 3.06. The minimum atomic E-state index is -5.02. The number of carboxylic acid groups (broad SMARTS) is 1. The van der Waals surface area contributed by atoms with Crippen LogP contribution in [0.15, 0.2) is 0 Å². The molecular formula is C12H10F3NO3. The van der Waals surface area contributed by atoms with Crippen LogP contribution in [0.3, 0.4) is 0 Å². The van der Waals surface area contributed by atoms with E-state index >= 15 is 0 Å². The minimum absolute atomic E-state index is 0.270. The standard InChI is InChI=1S/C12H10F3NO3/c13-12(14,15)10(19)16-8(9(17)18)11-5-2-1-3(5)7(11)4(1)6(2)11/h1-8H,(H,16,19)(H,17,18)/t1?,2?,3?,4?,5?,6?,7?,8-,11?/m0/s1. The summed E-state index contributed by atoms with van der Waals surface area (Å²) in [5.74, 6) is -0.221. The van der Waals surface area contributed by atoms with Gasteiger partial charge < -0.3 is 10.4 Å². The molecule has 0 aromatic rings. The zero-order valence-electron chi connectivity index (χ0n) is 9.52. The Hall–Kier alpha value is -1.27. The Morgan fingerprint density at radius 3 is 1.89 bits per heavy atom. The van der Waals surface area contributed by atoms with Crippen molar-refractivity contribution in [3.05, 3.63) is 0 Å². The number of halogens is 3. The lowest BCUT2D eigenvalue weighted by atomic mass is 8.96. The number of hydrogen-bond acceptors (Lipinski definition) is 2. The topological polar surface area (TPSA) is 66.4 Å². The molecule has 0 aliphatic heterocycles. The van der Waals surface area contributed by atoms with Gasteiger partial charge in [0.1, 0.15) is 6.04 Å². The Morgan fingerprint density at radius 2 is 1.53 bits per heavy atom. The molecular weight excluding hydrogens is 263 g/mol. The zero-order valence-corrected chi connectivity index (χ0v) is 9.52. The molecule has 7 heteroatoms. The summed E-state index contributed by atoms with van der Waals surface area (Å²) in [6, 6.07) is -1.35. The molecule has 4 nitrogen and oxygen atoms in total. The highest BCUT2D eigenvalue weighted by atomic mass is 19.4. The number of carbonyl (C=O) groups excluding carboxylic acids is 1. The molecule has 0 radical (unpaired) electrons. The first-order chi connectivity index (χ1) is 8.83. The zero-order chi connectivity index (χ0) is 13.5. The number of carboxylic acids is 1. The molecule has 6 aliphatic rings. The van der Waals surface area contributed by atoms with E-state index in [9.17, 15) is 27.9 Å². The monoisotopic (exact) mass is 273 g/mol. The second-order valence-electron chi connectivity index (χ2n) is 6.63. The van der Waals surface area contributed by atoms with E-state index in [0.717, 1.165) is 5.92 Å². The van der Waals surface area contributed by atoms with E-state index in [-0.39, 0.29) is 17.8 Å². The average Bonchev–Trinajstić information content (AvgIpc) is 2.34. The largest absolute Gasteiger partial charge is 0.480 e. The molecule has 1 atom stereocenters. The number of alkyl halides is 3. The van der Waals surface area contributed by atoms with Gasteiger partial charge >= 0.3 is 18.1 Å². The fraction of sp³-hybridized carbons (Fsp3) is 0.833. The van der Waals surface area contributed by atoms with Gasteiger partial charge in [0.05, 0.1) is 0 Å². The number of amides is 1. The van der Waals surface area contributed by atoms with Crippen LogP contribution in [-0.4, -0.2) is 29.2 Å². The third-order valence-electron chi connectivity index (χ3n) is 6.83. The Balaban J connectivity index is 1.43. The van der Waals surface area contributed by atoms with E-state index in [1.165, 1.54) is 0 Å². The summed E-state index contributed by atoms with van der Waals surface area (Å²) in [7, 11) is 0. The van der Waals surface area contributed by atoms with Gasteiger partial charge in [0.25, 0.3) is 0 Å². The number of rotatable bonds is 3. The van der Waals surface area contributed by atoms with E-state index in [2.05, 4.69) is 0 Å². The van der Waals surface area contributed by atoms with Crippen LogP contribution in [0.1, 0.15) is 0 Å². The fourth-order valence-corrected chi connectivity index (χ4v) is 6.71. The van der Waals surface area contributed by atoms with Crippen LogP contribution in [-0.2, 0) is 9.59 Å². The second-order valence-corrected chi connectivity index (χ2v) is 6.63. The van der Waals surface area contributed by atoms with Gasteiger partial charge in [-0.3, -0.25) is 4.79 Å². The van der Waals surface area contributed by atoms with Crippen LogP contribution in [0.2, 0.25) is 0 Å². The van der Waals surface area contributed by atoms with E-state index in [4.69, 9.17) is 0 Å². The maximum atomic E-state index is 12.3. The molecule has 0 heterocycles. The molecule has 6 aliphatic carbocycles. The minimum Gasteiger partial charge on any atom is -0.480 e. The van der Waals surface area contributed by atoms with Gasteiger partial charge in [0.2, 0.25) is 0 Å². The highest BCUT2D eigenvalue weighted by molar-refractivity contribution is 5.88. The van der Waals surface area contributed by atoms with Crippen LogP contribution in [0.4, 0.5) is 13.2 Å². The number of nitrogens with one attached hydrogen (secondary N) is 1. The Kier molecular flexibility index (Phi) is 1.31. The molecule has 0 spiro atoms. The summed E-state index contributed by atoms with van der Waals surface area (Å²) in [4.78, 5) is 22.3. The normalized spacial score (nSPS) is 58.4. The molecule has 19 heavy (non-hydrogen) atoms. The average molecular weight is 273 g/mol. The SMILES string of the molecule is O=C(O)[C@H](NC(=O)C(F)(F)F)C12C3C4C5C3C1C5C42. The molecule has 0 aromatic heterocycles. The highest BCUT2D eigenvalue weighted by Gasteiger charge is 3.05. The van der Waals surface area contributed by atoms with Crippen LogP contribution < -0.4 is 5.32 Å². The van der Waals surface area contributed by atoms with Crippen LogP contribution >= 0.6 is 0 Å². The van der Waals surface area contributed by atoms with E-state index in [0.29, 0.717) is 17.8 Å². The van der Waals surface area contributed by atoms with Gasteiger partial charge in [-0.2, -0.15) is 13.2 Å². The summed E-state index contributed by atoms with van der Waals surface area (Å²) >= 11 is 0. The van der Waals surface area contributed by atoms with Gasteiger partial charge in [-0.1, -0.05) is 0 Å². The third kappa shape index (κ3) is 0.686. The molecule has 6 saturated carbocycles. The number of hydrogen-bond donors (Lipinski definition) is 2. The van der Waals surface area contributed by atoms with Crippen LogP contribution in [0.5, 0.6) is 0 Å². The van der Waals surface area contributed by atoms with Gasteiger partial charge in [0, 0.05) is 5.41 Å². The fourth-order valence-electron chi connectivity index (χ4n) is 6.71. The van der Waals surface area contributed by atoms with Gasteiger partial charge in [0.15, 0.2) is 0 Å². The lowest BCUT2D eigenvalue weighted by Gasteiger charge is -3.08. The maximum absolute atomic E-state index is 12.3. The maximum Gasteiger partial charge on any atom is 0.471 e. The van der Waals surface area contributed by atoms with Crippen molar-refractivity contribution in [1.82, 2.24) is 5.32 Å². The third-order valence-corrected chi connectivity index (χ3v) is 6.83. The molecule has 0 aromatic carbocycles. The van der Waals surface area contributed by atoms with Crippen molar-refractivity contribution >= 4 is 11.9 Å². The van der Waals surface area contributed by atoms with Gasteiger partial charge in [-0.25, -0.2) is 4.79 Å². The number of carbonyl (C=O) groups is 2. The molecule has 102 valence electrons. The van der Waals surface area contributed by atoms with Crippen molar-refractivity contribution < 1.29 is 27.9 Å². The van der Waals surface area contributed by atoms with Crippen molar-refractivity contribution in [3.8, 4) is 0 Å². The predicted molar refractivity (Wildman–Crippen MR) is 52.5 cm³/mol. The molecule has 1 amide bonds. The van der Waals surface area contributed by atoms with Crippen molar-refractivity contribution in [3.63, 3.8) is 0 Å². The molecule has 6 fully saturated rings. The van der Waals surface area contributed by atoms with Crippen molar-refractivity contribution in [2.24, 2.45) is 46.8 Å². The predicted octanol–water partition coefficient (Wildman–Crippen LogP) is 0.486. The van der Waals surface area contributed by atoms with Gasteiger partial charge in [-0.05, 0) is 41.4 Å². The van der Waals surface area contributed by atoms with Crippen molar-refractivity contribution in [2.45, 2.75) is 12.2 Å². The Labute approximate surface area is 105 Å². The van der Waals surface area contributed by atoms with Gasteiger partial charge in [-0.15, -0.1) is 0 Å². The summed E-state index contributed by atoms with van der Waals surface area (Å²) in [5, 5.41) is 10.9. The smallest absolute Gasteiger partial charge is 0.471 e. The Morgan fingerprint density at radius 1 is 1.05 bits per heavy atom. The van der Waals surface area contributed by atoms with Crippen molar-refractivity contribution in [2.75, 3.05) is 0 Å². The molecule has 2 N–H and O–H groups in total. The van der Waals surface area contributed by atoms with Crippen molar-refractivity contribution in [1.29, 1.82) is 0 Å². The van der Waals surface area contributed by atoms with E-state index in [1.807, 2.05) is 0 Å². The quantitative estimate of drug-likeness (QED) is 0.786. The first-order valence-corrected chi connectivity index (χ1v) is 6.43. The molecule has 0 bridgehead atoms. The molecule has 6 rings (SSSR count). The summed E-state index contributed by atoms with van der Waals surface area (Å²) < 4.78 is 36.9. The summed E-state index contributed by atoms with van der Waals surface area (Å²) in [6.45, 7) is 0. The summed E-state index contributed by atoms with van der Waals surface area (Å²) in [6.07, 6.45) is -5.02. The van der Waals surface area contributed by atoms with Crippen LogP contribution in [0.25, 0.3) is 0 Å². The second kappa shape index (κ2) is 2.38. The van der Waals surface area contributed by atoms with E-state index in [1.54, 1.807) is 5.32 Å². The van der Waals surface area contributed by atoms with E-state index < -0.39 is 29.5 Å². The first kappa shape index (κ1) is 10.5. The Bertz CT molecular complexity index is 506. The first-order valence-electron chi connectivity index (χ1n) is 6.43. The van der Waals surface area contributed by atoms with Crippen LogP contribution in [0, 0.1) is 46.8 Å².